The molecule has 1 unspecified atom stereocenters. The molecule has 3 rings (SSSR count). The molecule has 1 aromatic carbocycles. The van der Waals surface area contributed by atoms with E-state index in [2.05, 4.69) is 10.3 Å². The highest BCUT2D eigenvalue weighted by Crippen LogP contribution is 2.25. The van der Waals surface area contributed by atoms with Gasteiger partial charge in [-0.3, -0.25) is 0 Å². The van der Waals surface area contributed by atoms with E-state index in [1.165, 1.54) is 12.5 Å². The predicted molar refractivity (Wildman–Crippen MR) is 68.4 cm³/mol. The fourth-order valence-corrected chi connectivity index (χ4v) is 2.55. The van der Waals surface area contributed by atoms with Gasteiger partial charge in [-0.2, -0.15) is 0 Å². The SMILES string of the molecule is Fc1cccc(-n2cncc2C2CCCNC2)c1. The number of hydrogen-bond donors (Lipinski definition) is 1. The first-order chi connectivity index (χ1) is 8.84. The van der Waals surface area contributed by atoms with Crippen LogP contribution in [0.2, 0.25) is 0 Å². The first kappa shape index (κ1) is 11.4. The van der Waals surface area contributed by atoms with Crippen LogP contribution in [0.15, 0.2) is 36.8 Å². The van der Waals surface area contributed by atoms with Crippen LogP contribution in [-0.4, -0.2) is 22.6 Å². The molecule has 0 saturated carbocycles. The topological polar surface area (TPSA) is 29.9 Å². The minimum atomic E-state index is -0.214. The van der Waals surface area contributed by atoms with E-state index < -0.39 is 0 Å². The van der Waals surface area contributed by atoms with Gasteiger partial charge in [0, 0.05) is 30.0 Å². The van der Waals surface area contributed by atoms with Crippen molar-refractivity contribution in [2.75, 3.05) is 13.1 Å². The van der Waals surface area contributed by atoms with Crippen LogP contribution in [0.3, 0.4) is 0 Å². The molecule has 1 aromatic heterocycles. The largest absolute Gasteiger partial charge is 0.316 e. The Morgan fingerprint density at radius 3 is 3.11 bits per heavy atom. The molecule has 2 aromatic rings. The van der Waals surface area contributed by atoms with Gasteiger partial charge in [-0.05, 0) is 37.6 Å². The van der Waals surface area contributed by atoms with Gasteiger partial charge in [0.1, 0.15) is 5.82 Å². The summed E-state index contributed by atoms with van der Waals surface area (Å²) >= 11 is 0. The van der Waals surface area contributed by atoms with Crippen LogP contribution in [0.1, 0.15) is 24.5 Å². The van der Waals surface area contributed by atoms with Gasteiger partial charge in [-0.15, -0.1) is 0 Å². The highest BCUT2D eigenvalue weighted by molar-refractivity contribution is 5.35. The lowest BCUT2D eigenvalue weighted by Crippen LogP contribution is -2.29. The van der Waals surface area contributed by atoms with Crippen LogP contribution in [0.4, 0.5) is 4.39 Å². The van der Waals surface area contributed by atoms with Crippen LogP contribution in [0.5, 0.6) is 0 Å². The lowest BCUT2D eigenvalue weighted by atomic mass is 9.96. The van der Waals surface area contributed by atoms with Gasteiger partial charge in [-0.25, -0.2) is 9.37 Å². The number of nitrogens with one attached hydrogen (secondary N) is 1. The Bertz CT molecular complexity index is 529. The van der Waals surface area contributed by atoms with Crippen molar-refractivity contribution in [1.29, 1.82) is 0 Å². The number of rotatable bonds is 2. The Labute approximate surface area is 106 Å². The summed E-state index contributed by atoms with van der Waals surface area (Å²) in [5, 5.41) is 3.40. The van der Waals surface area contributed by atoms with E-state index in [1.54, 1.807) is 18.5 Å². The number of piperidine rings is 1. The average Bonchev–Trinajstić information content (AvgIpc) is 2.89. The van der Waals surface area contributed by atoms with Crippen molar-refractivity contribution in [3.8, 4) is 5.69 Å². The van der Waals surface area contributed by atoms with Crippen molar-refractivity contribution in [3.63, 3.8) is 0 Å². The van der Waals surface area contributed by atoms with Crippen LogP contribution in [0, 0.1) is 5.82 Å². The number of nitrogens with zero attached hydrogens (tertiary/aromatic N) is 2. The van der Waals surface area contributed by atoms with Gasteiger partial charge in [0.2, 0.25) is 0 Å². The highest BCUT2D eigenvalue weighted by Gasteiger charge is 2.19. The summed E-state index contributed by atoms with van der Waals surface area (Å²) in [6, 6.07) is 6.64. The Morgan fingerprint density at radius 2 is 2.33 bits per heavy atom. The molecule has 0 aliphatic carbocycles. The highest BCUT2D eigenvalue weighted by atomic mass is 19.1. The van der Waals surface area contributed by atoms with Gasteiger partial charge in [0.15, 0.2) is 0 Å². The van der Waals surface area contributed by atoms with Gasteiger partial charge in [-0.1, -0.05) is 6.07 Å². The van der Waals surface area contributed by atoms with Crippen molar-refractivity contribution in [2.24, 2.45) is 0 Å². The maximum absolute atomic E-state index is 13.3. The van der Waals surface area contributed by atoms with Gasteiger partial charge in [0.05, 0.1) is 6.33 Å². The third-order valence-electron chi connectivity index (χ3n) is 3.47. The zero-order valence-corrected chi connectivity index (χ0v) is 10.1. The molecular weight excluding hydrogens is 229 g/mol. The van der Waals surface area contributed by atoms with E-state index in [9.17, 15) is 4.39 Å². The second-order valence-electron chi connectivity index (χ2n) is 4.71. The first-order valence-electron chi connectivity index (χ1n) is 6.33. The predicted octanol–water partition coefficient (Wildman–Crippen LogP) is 2.48. The van der Waals surface area contributed by atoms with E-state index in [1.807, 2.05) is 16.8 Å². The minimum Gasteiger partial charge on any atom is -0.316 e. The monoisotopic (exact) mass is 245 g/mol. The summed E-state index contributed by atoms with van der Waals surface area (Å²) in [6.45, 7) is 2.06. The maximum Gasteiger partial charge on any atom is 0.125 e. The summed E-state index contributed by atoms with van der Waals surface area (Å²) in [5.41, 5.74) is 2.00. The van der Waals surface area contributed by atoms with Crippen molar-refractivity contribution in [3.05, 3.63) is 48.3 Å². The Balaban J connectivity index is 1.95. The van der Waals surface area contributed by atoms with Crippen molar-refractivity contribution in [1.82, 2.24) is 14.9 Å². The third kappa shape index (κ3) is 2.16. The lowest BCUT2D eigenvalue weighted by molar-refractivity contribution is 0.451. The maximum atomic E-state index is 13.3. The molecule has 94 valence electrons. The molecule has 18 heavy (non-hydrogen) atoms. The quantitative estimate of drug-likeness (QED) is 0.881. The molecule has 1 saturated heterocycles. The summed E-state index contributed by atoms with van der Waals surface area (Å²) in [7, 11) is 0. The number of halogens is 1. The summed E-state index contributed by atoms with van der Waals surface area (Å²) in [6.07, 6.45) is 5.99. The molecule has 3 nitrogen and oxygen atoms in total. The Hall–Kier alpha value is -1.68. The zero-order valence-electron chi connectivity index (χ0n) is 10.1. The molecule has 1 aliphatic heterocycles. The van der Waals surface area contributed by atoms with Crippen molar-refractivity contribution >= 4 is 0 Å². The second-order valence-corrected chi connectivity index (χ2v) is 4.71. The summed E-state index contributed by atoms with van der Waals surface area (Å²) in [5.74, 6) is 0.249. The summed E-state index contributed by atoms with van der Waals surface area (Å²) < 4.78 is 15.3. The van der Waals surface area contributed by atoms with E-state index in [4.69, 9.17) is 0 Å². The molecule has 1 N–H and O–H groups in total. The van der Waals surface area contributed by atoms with Crippen molar-refractivity contribution in [2.45, 2.75) is 18.8 Å². The molecule has 0 spiro atoms. The van der Waals surface area contributed by atoms with Crippen LogP contribution in [0.25, 0.3) is 5.69 Å². The molecule has 0 radical (unpaired) electrons. The standard InChI is InChI=1S/C14H16FN3/c15-12-4-1-5-13(7-12)18-10-17-9-14(18)11-3-2-6-16-8-11/h1,4-5,7,9-11,16H,2-3,6,8H2. The normalized spacial score (nSPS) is 19.9. The number of benzene rings is 1. The van der Waals surface area contributed by atoms with Gasteiger partial charge in [0.25, 0.3) is 0 Å². The van der Waals surface area contributed by atoms with E-state index in [0.717, 1.165) is 30.9 Å². The number of hydrogen-bond acceptors (Lipinski definition) is 2. The van der Waals surface area contributed by atoms with Gasteiger partial charge < -0.3 is 9.88 Å². The van der Waals surface area contributed by atoms with Crippen LogP contribution >= 0.6 is 0 Å². The molecule has 1 fully saturated rings. The Morgan fingerprint density at radius 1 is 1.39 bits per heavy atom. The number of imidazole rings is 1. The lowest BCUT2D eigenvalue weighted by Gasteiger charge is -2.23. The third-order valence-corrected chi connectivity index (χ3v) is 3.47. The minimum absolute atomic E-state index is 0.214. The Kier molecular flexibility index (Phi) is 3.11. The fraction of sp³-hybridized carbons (Fsp3) is 0.357. The first-order valence-corrected chi connectivity index (χ1v) is 6.33. The molecule has 1 atom stereocenters. The smallest absolute Gasteiger partial charge is 0.125 e. The van der Waals surface area contributed by atoms with Crippen molar-refractivity contribution < 1.29 is 4.39 Å². The van der Waals surface area contributed by atoms with E-state index >= 15 is 0 Å². The van der Waals surface area contributed by atoms with E-state index in [0.29, 0.717) is 5.92 Å². The van der Waals surface area contributed by atoms with Crippen LogP contribution < -0.4 is 5.32 Å². The van der Waals surface area contributed by atoms with Crippen LogP contribution in [-0.2, 0) is 0 Å². The number of aromatic nitrogens is 2. The average molecular weight is 245 g/mol. The second kappa shape index (κ2) is 4.90. The molecule has 0 bridgehead atoms. The zero-order chi connectivity index (χ0) is 12.4. The molecular formula is C14H16FN3. The van der Waals surface area contributed by atoms with Gasteiger partial charge >= 0.3 is 0 Å². The molecule has 4 heteroatoms. The summed E-state index contributed by atoms with van der Waals surface area (Å²) in [4.78, 5) is 4.22. The fourth-order valence-electron chi connectivity index (χ4n) is 2.55. The molecule has 0 amide bonds. The molecule has 2 heterocycles. The van der Waals surface area contributed by atoms with E-state index in [-0.39, 0.29) is 5.82 Å². The molecule has 1 aliphatic rings.